The number of aromatic nitrogens is 4. The number of hydrogen-bond acceptors (Lipinski definition) is 6. The number of H-pyrrole nitrogens is 1. The van der Waals surface area contributed by atoms with Gasteiger partial charge in [-0.25, -0.2) is 28.1 Å². The summed E-state index contributed by atoms with van der Waals surface area (Å²) in [5, 5.41) is 16.0. The van der Waals surface area contributed by atoms with Crippen molar-refractivity contribution in [1.82, 2.24) is 20.2 Å². The number of carbonyl (C=O) groups excluding carboxylic acids is 1. The number of aromatic amines is 1. The van der Waals surface area contributed by atoms with E-state index in [1.807, 2.05) is 0 Å². The molecule has 0 radical (unpaired) electrons. The van der Waals surface area contributed by atoms with E-state index in [-0.39, 0.29) is 41.1 Å². The molecule has 190 valence electrons. The molecule has 1 amide bonds. The smallest absolute Gasteiger partial charge is 0.277 e. The summed E-state index contributed by atoms with van der Waals surface area (Å²) >= 11 is 0. The lowest BCUT2D eigenvalue weighted by molar-refractivity contribution is 0.0268. The minimum atomic E-state index is -0.909. The van der Waals surface area contributed by atoms with Gasteiger partial charge in [0.15, 0.2) is 5.82 Å². The van der Waals surface area contributed by atoms with Crippen LogP contribution in [0.1, 0.15) is 16.2 Å². The van der Waals surface area contributed by atoms with E-state index in [0.29, 0.717) is 5.82 Å². The number of amides is 1. The molecule has 2 aromatic carbocycles. The van der Waals surface area contributed by atoms with Crippen LogP contribution in [0.5, 0.6) is 0 Å². The third-order valence-corrected chi connectivity index (χ3v) is 5.70. The maximum Gasteiger partial charge on any atom is 0.277 e. The molecular weight excluding hydrogens is 487 g/mol. The van der Waals surface area contributed by atoms with E-state index in [1.54, 1.807) is 18.5 Å². The predicted octanol–water partition coefficient (Wildman–Crippen LogP) is 4.03. The number of carbonyl (C=O) groups is 1. The fourth-order valence-corrected chi connectivity index (χ4v) is 3.79. The first-order valence-electron chi connectivity index (χ1n) is 11.2. The van der Waals surface area contributed by atoms with E-state index in [4.69, 9.17) is 4.74 Å². The lowest BCUT2D eigenvalue weighted by Crippen LogP contribution is -2.30. The number of aliphatic hydroxyl groups excluding tert-OH is 1. The molecule has 2 N–H and O–H groups in total. The monoisotopic (exact) mass is 509 g/mol. The summed E-state index contributed by atoms with van der Waals surface area (Å²) in [6.45, 7) is -0.356. The molecule has 0 bridgehead atoms. The van der Waals surface area contributed by atoms with Crippen LogP contribution in [0.3, 0.4) is 0 Å². The first-order chi connectivity index (χ1) is 17.9. The minimum Gasteiger partial charge on any atom is -0.394 e. The summed E-state index contributed by atoms with van der Waals surface area (Å²) in [5.41, 5.74) is -0.804. The number of aliphatic hydroxyl groups is 1. The van der Waals surface area contributed by atoms with Gasteiger partial charge in [0, 0.05) is 43.6 Å². The van der Waals surface area contributed by atoms with Gasteiger partial charge in [-0.05, 0) is 42.5 Å². The highest BCUT2D eigenvalue weighted by atomic mass is 19.1. The summed E-state index contributed by atoms with van der Waals surface area (Å²) in [5.74, 6) is -3.27. The van der Waals surface area contributed by atoms with E-state index < -0.39 is 35.4 Å². The van der Waals surface area contributed by atoms with Crippen LogP contribution in [0.25, 0.3) is 22.5 Å². The molecule has 2 atom stereocenters. The Morgan fingerprint density at radius 3 is 2.51 bits per heavy atom. The number of benzene rings is 2. The summed E-state index contributed by atoms with van der Waals surface area (Å²) in [4.78, 5) is 25.3. The minimum absolute atomic E-state index is 0.158. The zero-order valence-corrected chi connectivity index (χ0v) is 19.6. The first kappa shape index (κ1) is 25.9. The molecule has 0 spiro atoms. The Morgan fingerprint density at radius 2 is 1.84 bits per heavy atom. The van der Waals surface area contributed by atoms with Crippen molar-refractivity contribution < 1.29 is 27.8 Å². The molecule has 2 heterocycles. The number of ether oxygens (including phenoxy) is 1. The third-order valence-electron chi connectivity index (χ3n) is 5.70. The van der Waals surface area contributed by atoms with Crippen molar-refractivity contribution in [3.63, 3.8) is 0 Å². The van der Waals surface area contributed by atoms with Crippen LogP contribution in [0, 0.1) is 23.4 Å². The number of rotatable bonds is 9. The lowest BCUT2D eigenvalue weighted by atomic mass is 9.99. The highest BCUT2D eigenvalue weighted by molar-refractivity contribution is 6.04. The van der Waals surface area contributed by atoms with Gasteiger partial charge in [-0.3, -0.25) is 9.89 Å². The Bertz CT molecular complexity index is 1390. The van der Waals surface area contributed by atoms with Gasteiger partial charge in [0.25, 0.3) is 5.91 Å². The number of methoxy groups -OCH3 is 1. The second-order valence-electron chi connectivity index (χ2n) is 8.00. The van der Waals surface area contributed by atoms with Gasteiger partial charge in [0.05, 0.1) is 23.8 Å². The molecule has 0 saturated heterocycles. The van der Waals surface area contributed by atoms with Crippen molar-refractivity contribution in [1.29, 1.82) is 0 Å². The molecule has 2 aromatic heterocycles. The van der Waals surface area contributed by atoms with E-state index in [9.17, 15) is 18.7 Å². The number of halogens is 3. The van der Waals surface area contributed by atoms with Crippen molar-refractivity contribution in [2.75, 3.05) is 13.7 Å². The molecule has 8 nitrogen and oxygen atoms in total. The Hall–Kier alpha value is -4.22. The van der Waals surface area contributed by atoms with E-state index in [1.165, 1.54) is 37.6 Å². The topological polar surface area (TPSA) is 113 Å². The summed E-state index contributed by atoms with van der Waals surface area (Å²) < 4.78 is 48.8. The first-order valence-corrected chi connectivity index (χ1v) is 11.2. The van der Waals surface area contributed by atoms with Gasteiger partial charge < -0.3 is 9.84 Å². The number of nitrogens with one attached hydrogen (secondary N) is 1. The normalized spacial score (nSPS) is 13.1. The van der Waals surface area contributed by atoms with Gasteiger partial charge in [-0.1, -0.05) is 6.07 Å². The van der Waals surface area contributed by atoms with Crippen LogP contribution in [0.4, 0.5) is 13.2 Å². The van der Waals surface area contributed by atoms with Gasteiger partial charge in [0.1, 0.15) is 28.8 Å². The van der Waals surface area contributed by atoms with Crippen LogP contribution >= 0.6 is 0 Å². The fraction of sp³-hybridized carbons (Fsp3) is 0.192. The molecule has 0 saturated carbocycles. The second kappa shape index (κ2) is 11.7. The lowest BCUT2D eigenvalue weighted by Gasteiger charge is -2.20. The van der Waals surface area contributed by atoms with E-state index in [0.717, 1.165) is 18.2 Å². The molecule has 0 aliphatic carbocycles. The largest absolute Gasteiger partial charge is 0.394 e. The van der Waals surface area contributed by atoms with Gasteiger partial charge in [-0.2, -0.15) is 5.10 Å². The zero-order chi connectivity index (χ0) is 26.4. The van der Waals surface area contributed by atoms with Crippen LogP contribution in [-0.4, -0.2) is 57.2 Å². The van der Waals surface area contributed by atoms with Gasteiger partial charge in [0.2, 0.25) is 0 Å². The Morgan fingerprint density at radius 1 is 1.11 bits per heavy atom. The molecule has 4 aromatic rings. The summed E-state index contributed by atoms with van der Waals surface area (Å²) in [6, 6.07) is 10.3. The molecule has 0 aliphatic rings. The Kier molecular flexibility index (Phi) is 8.16. The molecule has 4 rings (SSSR count). The van der Waals surface area contributed by atoms with E-state index in [2.05, 4.69) is 25.2 Å². The van der Waals surface area contributed by atoms with Gasteiger partial charge in [-0.15, -0.1) is 0 Å². The van der Waals surface area contributed by atoms with Crippen molar-refractivity contribution in [3.05, 3.63) is 89.8 Å². The predicted molar refractivity (Wildman–Crippen MR) is 129 cm³/mol. The average molecular weight is 509 g/mol. The van der Waals surface area contributed by atoms with Crippen molar-refractivity contribution in [2.45, 2.75) is 12.5 Å². The maximum atomic E-state index is 15.3. The van der Waals surface area contributed by atoms with Crippen molar-refractivity contribution in [3.8, 4) is 22.5 Å². The van der Waals surface area contributed by atoms with Crippen LogP contribution < -0.4 is 0 Å². The van der Waals surface area contributed by atoms with Crippen LogP contribution in [0.2, 0.25) is 0 Å². The zero-order valence-electron chi connectivity index (χ0n) is 19.6. The Labute approximate surface area is 209 Å². The molecular formula is C26H22F3N5O3. The second-order valence-corrected chi connectivity index (χ2v) is 8.00. The summed E-state index contributed by atoms with van der Waals surface area (Å²) in [7, 11) is 1.40. The highest BCUT2D eigenvalue weighted by Gasteiger charge is 2.25. The molecule has 11 heteroatoms. The van der Waals surface area contributed by atoms with Crippen LogP contribution in [-0.2, 0) is 11.2 Å². The molecule has 0 fully saturated rings. The summed E-state index contributed by atoms with van der Waals surface area (Å²) in [6.07, 6.45) is 3.89. The maximum absolute atomic E-state index is 15.3. The SMILES string of the molecule is CO[C@H](CO)C(C=NC(=O)c1cccc(F)c1-c1[nH]nc(-c2ccc(F)cc2)c1F)Cc1ncccn1. The fourth-order valence-electron chi connectivity index (χ4n) is 3.79. The van der Waals surface area contributed by atoms with Gasteiger partial charge >= 0.3 is 0 Å². The Balaban J connectivity index is 1.67. The number of hydrogen-bond donors (Lipinski definition) is 2. The molecule has 0 aliphatic heterocycles. The average Bonchev–Trinajstić information content (AvgIpc) is 3.29. The highest BCUT2D eigenvalue weighted by Crippen LogP contribution is 2.33. The number of nitrogens with zero attached hydrogens (tertiary/aromatic N) is 4. The number of aliphatic imine (C=N–C) groups is 1. The van der Waals surface area contributed by atoms with Crippen molar-refractivity contribution in [2.24, 2.45) is 10.9 Å². The van der Waals surface area contributed by atoms with Crippen LogP contribution in [0.15, 0.2) is 65.9 Å². The van der Waals surface area contributed by atoms with Crippen molar-refractivity contribution >= 4 is 12.1 Å². The molecule has 37 heavy (non-hydrogen) atoms. The standard InChI is InChI=1S/C26H22F3N5O3/c1-37-20(14-35)16(12-21-30-10-3-11-31-21)13-32-26(36)18-4-2-5-19(28)22(18)25-23(29)24(33-34-25)15-6-8-17(27)9-7-15/h2-11,13,16,20,35H,12,14H2,1H3,(H,33,34)/t16?,20-/m1/s1. The molecule has 1 unspecified atom stereocenters. The quantitative estimate of drug-likeness (QED) is 0.330. The van der Waals surface area contributed by atoms with E-state index >= 15 is 4.39 Å². The third kappa shape index (κ3) is 5.79.